The number of benzene rings is 1. The van der Waals surface area contributed by atoms with Crippen LogP contribution in [0, 0.1) is 0 Å². The van der Waals surface area contributed by atoms with E-state index in [1.807, 2.05) is 12.1 Å². The standard InChI is InChI=1S/C15H18N2O3Se/c1-5-6-19-12-8-10-9(7-11(12)18-4)13-14(21-17-16-13)15(2,3)20-10/h7-8H,5-6H2,1-4H3. The number of ether oxygens (including phenoxy) is 3. The van der Waals surface area contributed by atoms with Gasteiger partial charge in [0.25, 0.3) is 0 Å². The third-order valence-corrected chi connectivity index (χ3v) is 5.55. The molecule has 0 atom stereocenters. The average Bonchev–Trinajstić information content (AvgIpc) is 2.94. The molecule has 0 aliphatic carbocycles. The summed E-state index contributed by atoms with van der Waals surface area (Å²) in [5.41, 5.74) is 1.50. The Kier molecular flexibility index (Phi) is 3.67. The molecule has 0 amide bonds. The van der Waals surface area contributed by atoms with Gasteiger partial charge in [0.15, 0.2) is 0 Å². The Balaban J connectivity index is 2.12. The van der Waals surface area contributed by atoms with Crippen LogP contribution in [0.5, 0.6) is 17.2 Å². The van der Waals surface area contributed by atoms with Gasteiger partial charge in [-0.3, -0.25) is 0 Å². The van der Waals surface area contributed by atoms with E-state index in [-0.39, 0.29) is 20.3 Å². The predicted molar refractivity (Wildman–Crippen MR) is 80.4 cm³/mol. The Bertz CT molecular complexity index is 667. The summed E-state index contributed by atoms with van der Waals surface area (Å²) in [6.45, 7) is 6.83. The molecule has 6 heteroatoms. The molecule has 5 nitrogen and oxygen atoms in total. The third-order valence-electron chi connectivity index (χ3n) is 3.38. The van der Waals surface area contributed by atoms with Crippen LogP contribution in [0.25, 0.3) is 11.3 Å². The summed E-state index contributed by atoms with van der Waals surface area (Å²) < 4.78 is 22.7. The number of methoxy groups -OCH3 is 1. The monoisotopic (exact) mass is 354 g/mol. The predicted octanol–water partition coefficient (Wildman–Crippen LogP) is 2.63. The molecule has 21 heavy (non-hydrogen) atoms. The molecule has 0 fully saturated rings. The zero-order valence-electron chi connectivity index (χ0n) is 12.6. The number of fused-ring (bicyclic) bond motifs is 3. The number of hydrogen-bond acceptors (Lipinski definition) is 5. The number of nitrogens with zero attached hydrogens (tertiary/aromatic N) is 2. The summed E-state index contributed by atoms with van der Waals surface area (Å²) in [4.78, 5) is 0. The molecule has 0 unspecified atom stereocenters. The van der Waals surface area contributed by atoms with Gasteiger partial charge in [-0.25, -0.2) is 0 Å². The molecular formula is C15H18N2O3Se. The molecule has 1 aromatic heterocycles. The Morgan fingerprint density at radius 1 is 1.29 bits per heavy atom. The van der Waals surface area contributed by atoms with Gasteiger partial charge in [0.2, 0.25) is 0 Å². The van der Waals surface area contributed by atoms with E-state index in [4.69, 9.17) is 14.2 Å². The summed E-state index contributed by atoms with van der Waals surface area (Å²) in [5.74, 6) is 2.19. The zero-order valence-corrected chi connectivity index (χ0v) is 14.3. The van der Waals surface area contributed by atoms with Crippen molar-refractivity contribution in [2.75, 3.05) is 13.7 Å². The summed E-state index contributed by atoms with van der Waals surface area (Å²) in [6.07, 6.45) is 0.943. The summed E-state index contributed by atoms with van der Waals surface area (Å²) in [6, 6.07) is 3.83. The normalized spacial score (nSPS) is 14.9. The molecule has 0 saturated carbocycles. The van der Waals surface area contributed by atoms with E-state index in [2.05, 4.69) is 30.0 Å². The van der Waals surface area contributed by atoms with Gasteiger partial charge in [0.05, 0.1) is 0 Å². The first-order valence-corrected chi connectivity index (χ1v) is 8.56. The maximum atomic E-state index is 6.16. The molecule has 0 radical (unpaired) electrons. The van der Waals surface area contributed by atoms with Crippen molar-refractivity contribution in [1.82, 2.24) is 9.19 Å². The van der Waals surface area contributed by atoms with E-state index in [1.165, 1.54) is 4.44 Å². The van der Waals surface area contributed by atoms with Crippen LogP contribution in [0.3, 0.4) is 0 Å². The molecule has 0 saturated heterocycles. The van der Waals surface area contributed by atoms with Gasteiger partial charge in [-0.05, 0) is 0 Å². The van der Waals surface area contributed by atoms with Crippen LogP contribution in [0.4, 0.5) is 0 Å². The van der Waals surface area contributed by atoms with Crippen molar-refractivity contribution in [3.63, 3.8) is 0 Å². The van der Waals surface area contributed by atoms with Crippen molar-refractivity contribution < 1.29 is 14.2 Å². The van der Waals surface area contributed by atoms with E-state index in [0.29, 0.717) is 18.1 Å². The maximum absolute atomic E-state index is 6.16. The second-order valence-electron chi connectivity index (χ2n) is 5.41. The first kappa shape index (κ1) is 14.4. The fourth-order valence-electron chi connectivity index (χ4n) is 2.38. The first-order chi connectivity index (χ1) is 10.1. The second kappa shape index (κ2) is 5.35. The van der Waals surface area contributed by atoms with Gasteiger partial charge in [0, 0.05) is 0 Å². The molecule has 3 rings (SSSR count). The van der Waals surface area contributed by atoms with Crippen molar-refractivity contribution in [2.45, 2.75) is 32.8 Å². The molecule has 0 spiro atoms. The molecule has 112 valence electrons. The van der Waals surface area contributed by atoms with Crippen LogP contribution < -0.4 is 14.2 Å². The molecular weight excluding hydrogens is 335 g/mol. The number of hydrogen-bond donors (Lipinski definition) is 0. The summed E-state index contributed by atoms with van der Waals surface area (Å²) in [7, 11) is 1.64. The SMILES string of the molecule is CCCOc1cc2c(cc1OC)-c1nn[se]c1C(C)(C)O2. The van der Waals surface area contributed by atoms with Crippen LogP contribution >= 0.6 is 0 Å². The van der Waals surface area contributed by atoms with Gasteiger partial charge in [0.1, 0.15) is 0 Å². The fourth-order valence-corrected chi connectivity index (χ4v) is 3.85. The first-order valence-electron chi connectivity index (χ1n) is 6.94. The summed E-state index contributed by atoms with van der Waals surface area (Å²) >= 11 is 0.0150. The summed E-state index contributed by atoms with van der Waals surface area (Å²) in [5, 5.41) is 4.32. The Morgan fingerprint density at radius 3 is 2.81 bits per heavy atom. The van der Waals surface area contributed by atoms with Crippen LogP contribution in [0.2, 0.25) is 0 Å². The Hall–Kier alpha value is -1.52. The average molecular weight is 353 g/mol. The molecule has 1 aliphatic rings. The Morgan fingerprint density at radius 2 is 2.10 bits per heavy atom. The number of rotatable bonds is 4. The van der Waals surface area contributed by atoms with Gasteiger partial charge in [-0.1, -0.05) is 0 Å². The molecule has 1 aliphatic heterocycles. The van der Waals surface area contributed by atoms with Crippen LogP contribution in [-0.4, -0.2) is 37.6 Å². The van der Waals surface area contributed by atoms with E-state index < -0.39 is 0 Å². The van der Waals surface area contributed by atoms with E-state index in [0.717, 1.165) is 23.4 Å². The molecule has 1 aromatic carbocycles. The minimum absolute atomic E-state index is 0.0150. The molecule has 0 N–H and O–H groups in total. The molecule has 0 bridgehead atoms. The van der Waals surface area contributed by atoms with Crippen molar-refractivity contribution in [3.8, 4) is 28.5 Å². The van der Waals surface area contributed by atoms with Crippen molar-refractivity contribution in [2.24, 2.45) is 0 Å². The zero-order chi connectivity index (χ0) is 15.0. The molecule has 2 heterocycles. The quantitative estimate of drug-likeness (QED) is 0.791. The minimum atomic E-state index is -0.373. The van der Waals surface area contributed by atoms with E-state index in [9.17, 15) is 0 Å². The van der Waals surface area contributed by atoms with Crippen molar-refractivity contribution in [1.29, 1.82) is 0 Å². The van der Waals surface area contributed by atoms with E-state index >= 15 is 0 Å². The van der Waals surface area contributed by atoms with Crippen molar-refractivity contribution >= 4 is 14.7 Å². The topological polar surface area (TPSA) is 53.5 Å². The molecule has 2 aromatic rings. The number of aromatic nitrogens is 2. The van der Waals surface area contributed by atoms with Gasteiger partial charge < -0.3 is 0 Å². The third kappa shape index (κ3) is 2.43. The van der Waals surface area contributed by atoms with E-state index in [1.54, 1.807) is 7.11 Å². The Labute approximate surface area is 130 Å². The fraction of sp³-hybridized carbons (Fsp3) is 0.467. The van der Waals surface area contributed by atoms with Gasteiger partial charge in [-0.2, -0.15) is 0 Å². The second-order valence-corrected chi connectivity index (χ2v) is 6.99. The van der Waals surface area contributed by atoms with Crippen LogP contribution in [0.15, 0.2) is 12.1 Å². The van der Waals surface area contributed by atoms with Gasteiger partial charge >= 0.3 is 130 Å². The van der Waals surface area contributed by atoms with Crippen LogP contribution in [-0.2, 0) is 5.60 Å². The van der Waals surface area contributed by atoms with Crippen molar-refractivity contribution in [3.05, 3.63) is 16.6 Å². The van der Waals surface area contributed by atoms with Crippen LogP contribution in [0.1, 0.15) is 31.6 Å². The van der Waals surface area contributed by atoms with Gasteiger partial charge in [-0.15, -0.1) is 0 Å².